The number of carboxylic acids is 2. The molecule has 1 aliphatic carbocycles. The van der Waals surface area contributed by atoms with Gasteiger partial charge in [0.05, 0.1) is 10.8 Å². The molecule has 15 heavy (non-hydrogen) atoms. The van der Waals surface area contributed by atoms with E-state index in [1.54, 1.807) is 26.0 Å². The lowest BCUT2D eigenvalue weighted by Crippen LogP contribution is -2.41. The Morgan fingerprint density at radius 2 is 1.93 bits per heavy atom. The zero-order valence-corrected chi connectivity index (χ0v) is 8.99. The predicted molar refractivity (Wildman–Crippen MR) is 54.5 cm³/mol. The van der Waals surface area contributed by atoms with Crippen LogP contribution < -0.4 is 0 Å². The summed E-state index contributed by atoms with van der Waals surface area (Å²) < 4.78 is 0. The standard InChI is InChI=1S/C11H16O4/c1-3-11(9(14)15)6-4-5-10(2,7-11)8(12)13/h4-5H,3,6-7H2,1-2H3,(H,12,13)(H,14,15). The fraction of sp³-hybridized carbons (Fsp3) is 0.636. The number of carboxylic acid groups (broad SMARTS) is 2. The summed E-state index contributed by atoms with van der Waals surface area (Å²) in [5.41, 5.74) is -1.96. The largest absolute Gasteiger partial charge is 0.481 e. The molecule has 0 fully saturated rings. The molecular weight excluding hydrogens is 196 g/mol. The lowest BCUT2D eigenvalue weighted by molar-refractivity contribution is -0.156. The lowest BCUT2D eigenvalue weighted by atomic mass is 9.65. The van der Waals surface area contributed by atoms with Crippen LogP contribution in [0.4, 0.5) is 0 Å². The molecule has 1 rings (SSSR count). The van der Waals surface area contributed by atoms with Crippen LogP contribution >= 0.6 is 0 Å². The van der Waals surface area contributed by atoms with Crippen LogP contribution in [0.1, 0.15) is 33.1 Å². The minimum absolute atomic E-state index is 0.164. The molecule has 0 aromatic rings. The van der Waals surface area contributed by atoms with Gasteiger partial charge in [-0.25, -0.2) is 0 Å². The summed E-state index contributed by atoms with van der Waals surface area (Å²) in [6.45, 7) is 3.36. The van der Waals surface area contributed by atoms with Gasteiger partial charge in [-0.2, -0.15) is 0 Å². The first-order valence-electron chi connectivity index (χ1n) is 5.01. The predicted octanol–water partition coefficient (Wildman–Crippen LogP) is 1.91. The van der Waals surface area contributed by atoms with Crippen LogP contribution in [-0.2, 0) is 9.59 Å². The van der Waals surface area contributed by atoms with Gasteiger partial charge in [0.2, 0.25) is 0 Å². The summed E-state index contributed by atoms with van der Waals surface area (Å²) >= 11 is 0. The van der Waals surface area contributed by atoms with Crippen molar-refractivity contribution >= 4 is 11.9 Å². The van der Waals surface area contributed by atoms with Crippen molar-refractivity contribution in [3.05, 3.63) is 12.2 Å². The van der Waals surface area contributed by atoms with E-state index in [2.05, 4.69) is 0 Å². The molecule has 0 bridgehead atoms. The van der Waals surface area contributed by atoms with Crippen molar-refractivity contribution in [2.45, 2.75) is 33.1 Å². The highest BCUT2D eigenvalue weighted by molar-refractivity contribution is 5.81. The van der Waals surface area contributed by atoms with Crippen LogP contribution in [0, 0.1) is 10.8 Å². The monoisotopic (exact) mass is 212 g/mol. The average Bonchev–Trinajstić information content (AvgIpc) is 2.17. The second kappa shape index (κ2) is 3.68. The molecule has 0 aromatic carbocycles. The van der Waals surface area contributed by atoms with Crippen molar-refractivity contribution in [3.63, 3.8) is 0 Å². The van der Waals surface area contributed by atoms with Crippen molar-refractivity contribution in [2.24, 2.45) is 10.8 Å². The molecule has 0 amide bonds. The molecule has 0 saturated heterocycles. The Morgan fingerprint density at radius 3 is 2.33 bits per heavy atom. The van der Waals surface area contributed by atoms with Crippen molar-refractivity contribution in [1.82, 2.24) is 0 Å². The first-order chi connectivity index (χ1) is 6.86. The van der Waals surface area contributed by atoms with Gasteiger partial charge < -0.3 is 10.2 Å². The Balaban J connectivity index is 3.06. The summed E-state index contributed by atoms with van der Waals surface area (Å²) in [6.07, 6.45) is 4.32. The minimum atomic E-state index is -1.05. The van der Waals surface area contributed by atoms with E-state index in [0.29, 0.717) is 12.8 Å². The van der Waals surface area contributed by atoms with Crippen LogP contribution in [0.15, 0.2) is 12.2 Å². The van der Waals surface area contributed by atoms with Crippen LogP contribution in [0.5, 0.6) is 0 Å². The second-order valence-electron chi connectivity index (χ2n) is 4.44. The Kier molecular flexibility index (Phi) is 2.88. The number of allylic oxidation sites excluding steroid dienone is 1. The highest BCUT2D eigenvalue weighted by Gasteiger charge is 2.47. The van der Waals surface area contributed by atoms with Gasteiger partial charge in [-0.1, -0.05) is 19.1 Å². The Labute approximate surface area is 88.6 Å². The fourth-order valence-corrected chi connectivity index (χ4v) is 2.11. The normalized spacial score (nSPS) is 35.1. The Morgan fingerprint density at radius 1 is 1.33 bits per heavy atom. The molecule has 2 N–H and O–H groups in total. The maximum absolute atomic E-state index is 11.2. The zero-order chi connectivity index (χ0) is 11.7. The Hall–Kier alpha value is -1.32. The molecule has 84 valence electrons. The molecule has 0 saturated carbocycles. The van der Waals surface area contributed by atoms with E-state index in [1.165, 1.54) is 0 Å². The highest BCUT2D eigenvalue weighted by Crippen LogP contribution is 2.44. The lowest BCUT2D eigenvalue weighted by Gasteiger charge is -2.37. The van der Waals surface area contributed by atoms with E-state index in [4.69, 9.17) is 5.11 Å². The van der Waals surface area contributed by atoms with Crippen molar-refractivity contribution in [2.75, 3.05) is 0 Å². The molecular formula is C11H16O4. The molecule has 2 atom stereocenters. The van der Waals surface area contributed by atoms with E-state index in [-0.39, 0.29) is 6.42 Å². The number of rotatable bonds is 3. The fourth-order valence-electron chi connectivity index (χ4n) is 2.11. The van der Waals surface area contributed by atoms with Gasteiger partial charge in [-0.15, -0.1) is 0 Å². The van der Waals surface area contributed by atoms with Gasteiger partial charge in [0.15, 0.2) is 0 Å². The van der Waals surface area contributed by atoms with Gasteiger partial charge in [0.1, 0.15) is 0 Å². The smallest absolute Gasteiger partial charge is 0.313 e. The summed E-state index contributed by atoms with van der Waals surface area (Å²) in [5.74, 6) is -1.86. The number of hydrogen-bond acceptors (Lipinski definition) is 2. The molecule has 4 nitrogen and oxygen atoms in total. The molecule has 0 spiro atoms. The van der Waals surface area contributed by atoms with Gasteiger partial charge in [0.25, 0.3) is 0 Å². The number of carbonyl (C=O) groups is 2. The summed E-state index contributed by atoms with van der Waals surface area (Å²) in [5, 5.41) is 18.2. The number of hydrogen-bond donors (Lipinski definition) is 2. The quantitative estimate of drug-likeness (QED) is 0.701. The molecule has 0 aromatic heterocycles. The third-order valence-corrected chi connectivity index (χ3v) is 3.32. The van der Waals surface area contributed by atoms with Crippen molar-refractivity contribution in [1.29, 1.82) is 0 Å². The highest BCUT2D eigenvalue weighted by atomic mass is 16.4. The van der Waals surface area contributed by atoms with Gasteiger partial charge in [-0.3, -0.25) is 9.59 Å². The van der Waals surface area contributed by atoms with Crippen molar-refractivity contribution in [3.8, 4) is 0 Å². The summed E-state index contributed by atoms with van der Waals surface area (Å²) in [6, 6.07) is 0. The van der Waals surface area contributed by atoms with E-state index >= 15 is 0 Å². The topological polar surface area (TPSA) is 74.6 Å². The Bertz CT molecular complexity index is 321. The number of aliphatic carboxylic acids is 2. The molecule has 2 unspecified atom stereocenters. The van der Waals surface area contributed by atoms with Gasteiger partial charge >= 0.3 is 11.9 Å². The molecule has 0 radical (unpaired) electrons. The molecule has 0 aliphatic heterocycles. The van der Waals surface area contributed by atoms with E-state index < -0.39 is 22.8 Å². The SMILES string of the molecule is CCC1(C(=O)O)CC=CC(C)(C(=O)O)C1. The third kappa shape index (κ3) is 1.89. The summed E-state index contributed by atoms with van der Waals surface area (Å²) in [7, 11) is 0. The van der Waals surface area contributed by atoms with E-state index in [0.717, 1.165) is 0 Å². The molecule has 0 heterocycles. The van der Waals surface area contributed by atoms with Gasteiger partial charge in [0, 0.05) is 0 Å². The van der Waals surface area contributed by atoms with Gasteiger partial charge in [-0.05, 0) is 26.2 Å². The minimum Gasteiger partial charge on any atom is -0.481 e. The van der Waals surface area contributed by atoms with Crippen LogP contribution in [-0.4, -0.2) is 22.2 Å². The first kappa shape index (κ1) is 11.8. The zero-order valence-electron chi connectivity index (χ0n) is 8.99. The maximum atomic E-state index is 11.2. The molecule has 4 heteroatoms. The third-order valence-electron chi connectivity index (χ3n) is 3.32. The second-order valence-corrected chi connectivity index (χ2v) is 4.44. The van der Waals surface area contributed by atoms with Crippen LogP contribution in [0.3, 0.4) is 0 Å². The van der Waals surface area contributed by atoms with E-state index in [1.807, 2.05) is 0 Å². The van der Waals surface area contributed by atoms with Crippen LogP contribution in [0.2, 0.25) is 0 Å². The molecule has 1 aliphatic rings. The van der Waals surface area contributed by atoms with Crippen molar-refractivity contribution < 1.29 is 19.8 Å². The van der Waals surface area contributed by atoms with Crippen LogP contribution in [0.25, 0.3) is 0 Å². The van der Waals surface area contributed by atoms with E-state index in [9.17, 15) is 14.7 Å². The maximum Gasteiger partial charge on any atom is 0.313 e. The first-order valence-corrected chi connectivity index (χ1v) is 5.01. The average molecular weight is 212 g/mol. The summed E-state index contributed by atoms with van der Waals surface area (Å²) in [4.78, 5) is 22.2.